The molecule has 0 radical (unpaired) electrons. The Morgan fingerprint density at radius 3 is 2.67 bits per heavy atom. The number of nitrogens with zero attached hydrogens (tertiary/aromatic N) is 1. The molecule has 1 aliphatic rings. The highest BCUT2D eigenvalue weighted by atomic mass is 19.2. The monoisotopic (exact) mass is 296 g/mol. The van der Waals surface area contributed by atoms with Gasteiger partial charge in [0.2, 0.25) is 0 Å². The molecule has 0 aliphatic heterocycles. The van der Waals surface area contributed by atoms with Gasteiger partial charge in [-0.2, -0.15) is 0 Å². The lowest BCUT2D eigenvalue weighted by atomic mass is 9.75. The number of halogens is 2. The van der Waals surface area contributed by atoms with Crippen LogP contribution in [0, 0.1) is 17.6 Å². The Morgan fingerprint density at radius 1 is 1.29 bits per heavy atom. The molecule has 0 aromatic heterocycles. The summed E-state index contributed by atoms with van der Waals surface area (Å²) in [5, 5.41) is 3.43. The average Bonchev–Trinajstić information content (AvgIpc) is 2.42. The summed E-state index contributed by atoms with van der Waals surface area (Å²) in [6.07, 6.45) is 4.94. The van der Waals surface area contributed by atoms with Crippen LogP contribution >= 0.6 is 0 Å². The SMILES string of the molecule is CC1CCCC(CNCc2ccc(F)c(F)c2)(N(C)C)C1. The number of rotatable bonds is 5. The van der Waals surface area contributed by atoms with Crippen LogP contribution in [0.3, 0.4) is 0 Å². The molecule has 1 fully saturated rings. The van der Waals surface area contributed by atoms with Crippen LogP contribution in [0.25, 0.3) is 0 Å². The minimum absolute atomic E-state index is 0.177. The molecule has 1 aliphatic carbocycles. The zero-order chi connectivity index (χ0) is 15.5. The van der Waals surface area contributed by atoms with E-state index >= 15 is 0 Å². The first-order chi connectivity index (χ1) is 9.93. The quantitative estimate of drug-likeness (QED) is 0.893. The van der Waals surface area contributed by atoms with E-state index in [1.807, 2.05) is 0 Å². The van der Waals surface area contributed by atoms with E-state index < -0.39 is 11.6 Å². The Kier molecular flexibility index (Phi) is 5.33. The molecule has 0 amide bonds. The van der Waals surface area contributed by atoms with Crippen LogP contribution < -0.4 is 5.32 Å². The number of hydrogen-bond donors (Lipinski definition) is 1. The average molecular weight is 296 g/mol. The highest BCUT2D eigenvalue weighted by Gasteiger charge is 2.36. The van der Waals surface area contributed by atoms with Gasteiger partial charge in [-0.1, -0.05) is 25.8 Å². The van der Waals surface area contributed by atoms with E-state index in [-0.39, 0.29) is 5.54 Å². The van der Waals surface area contributed by atoms with Crippen molar-refractivity contribution in [2.45, 2.75) is 44.7 Å². The second-order valence-corrected chi connectivity index (χ2v) is 6.67. The second-order valence-electron chi connectivity index (χ2n) is 6.67. The van der Waals surface area contributed by atoms with Gasteiger partial charge in [0.15, 0.2) is 11.6 Å². The van der Waals surface area contributed by atoms with Crippen molar-refractivity contribution in [2.24, 2.45) is 5.92 Å². The van der Waals surface area contributed by atoms with Crippen LogP contribution in [-0.2, 0) is 6.54 Å². The second kappa shape index (κ2) is 6.84. The van der Waals surface area contributed by atoms with Crippen LogP contribution in [-0.4, -0.2) is 31.1 Å². The first kappa shape index (κ1) is 16.4. The van der Waals surface area contributed by atoms with Crippen molar-refractivity contribution in [1.82, 2.24) is 10.2 Å². The fraction of sp³-hybridized carbons (Fsp3) is 0.647. The molecule has 2 nitrogen and oxygen atoms in total. The van der Waals surface area contributed by atoms with Gasteiger partial charge in [0.05, 0.1) is 0 Å². The summed E-state index contributed by atoms with van der Waals surface area (Å²) >= 11 is 0. The molecule has 118 valence electrons. The van der Waals surface area contributed by atoms with Gasteiger partial charge in [0.1, 0.15) is 0 Å². The molecule has 2 unspecified atom stereocenters. The maximum absolute atomic E-state index is 13.2. The Balaban J connectivity index is 1.94. The Morgan fingerprint density at radius 2 is 2.05 bits per heavy atom. The Bertz CT molecular complexity index is 476. The van der Waals surface area contributed by atoms with Crippen molar-refractivity contribution < 1.29 is 8.78 Å². The van der Waals surface area contributed by atoms with Gasteiger partial charge in [0.25, 0.3) is 0 Å². The van der Waals surface area contributed by atoms with Gasteiger partial charge >= 0.3 is 0 Å². The summed E-state index contributed by atoms with van der Waals surface area (Å²) in [5.41, 5.74) is 0.961. The summed E-state index contributed by atoms with van der Waals surface area (Å²) in [6.45, 7) is 3.76. The lowest BCUT2D eigenvalue weighted by Gasteiger charge is -2.45. The minimum atomic E-state index is -0.787. The predicted octanol–water partition coefficient (Wildman–Crippen LogP) is 3.56. The highest BCUT2D eigenvalue weighted by molar-refractivity contribution is 5.17. The fourth-order valence-corrected chi connectivity index (χ4v) is 3.45. The van der Waals surface area contributed by atoms with Crippen molar-refractivity contribution in [3.8, 4) is 0 Å². The summed E-state index contributed by atoms with van der Waals surface area (Å²) in [6, 6.07) is 4.10. The van der Waals surface area contributed by atoms with Crippen molar-refractivity contribution in [1.29, 1.82) is 0 Å². The lowest BCUT2D eigenvalue weighted by molar-refractivity contribution is 0.0749. The highest BCUT2D eigenvalue weighted by Crippen LogP contribution is 2.35. The minimum Gasteiger partial charge on any atom is -0.311 e. The topological polar surface area (TPSA) is 15.3 Å². The van der Waals surface area contributed by atoms with Gasteiger partial charge in [0, 0.05) is 18.6 Å². The van der Waals surface area contributed by atoms with E-state index in [9.17, 15) is 8.78 Å². The van der Waals surface area contributed by atoms with E-state index in [0.717, 1.165) is 18.0 Å². The third kappa shape index (κ3) is 4.01. The summed E-state index contributed by atoms with van der Waals surface area (Å²) < 4.78 is 26.1. The number of nitrogens with one attached hydrogen (secondary N) is 1. The van der Waals surface area contributed by atoms with Crippen LogP contribution in [0.4, 0.5) is 8.78 Å². The van der Waals surface area contributed by atoms with Crippen LogP contribution in [0.15, 0.2) is 18.2 Å². The zero-order valence-electron chi connectivity index (χ0n) is 13.3. The van der Waals surface area contributed by atoms with Gasteiger partial charge in [-0.3, -0.25) is 0 Å². The number of likely N-dealkylation sites (N-methyl/N-ethyl adjacent to an activating group) is 1. The molecule has 0 heterocycles. The summed E-state index contributed by atoms with van der Waals surface area (Å²) in [7, 11) is 4.27. The molecular weight excluding hydrogens is 270 g/mol. The zero-order valence-corrected chi connectivity index (χ0v) is 13.3. The van der Waals surface area contributed by atoms with Crippen LogP contribution in [0.2, 0.25) is 0 Å². The first-order valence-corrected chi connectivity index (χ1v) is 7.75. The van der Waals surface area contributed by atoms with Crippen molar-refractivity contribution in [3.05, 3.63) is 35.4 Å². The molecule has 21 heavy (non-hydrogen) atoms. The maximum atomic E-state index is 13.2. The van der Waals surface area contributed by atoms with Crippen LogP contribution in [0.5, 0.6) is 0 Å². The number of benzene rings is 1. The molecule has 0 bridgehead atoms. The van der Waals surface area contributed by atoms with E-state index in [1.165, 1.54) is 37.8 Å². The normalized spacial score (nSPS) is 26.3. The molecule has 2 atom stereocenters. The van der Waals surface area contributed by atoms with E-state index in [2.05, 4.69) is 31.2 Å². The summed E-state index contributed by atoms with van der Waals surface area (Å²) in [4.78, 5) is 2.32. The third-order valence-electron chi connectivity index (χ3n) is 4.78. The van der Waals surface area contributed by atoms with E-state index in [0.29, 0.717) is 6.54 Å². The van der Waals surface area contributed by atoms with E-state index in [4.69, 9.17) is 0 Å². The molecule has 0 saturated heterocycles. The van der Waals surface area contributed by atoms with Crippen molar-refractivity contribution in [2.75, 3.05) is 20.6 Å². The molecule has 1 aromatic rings. The molecule has 1 saturated carbocycles. The van der Waals surface area contributed by atoms with Crippen molar-refractivity contribution in [3.63, 3.8) is 0 Å². The Hall–Kier alpha value is -1.00. The largest absolute Gasteiger partial charge is 0.311 e. The van der Waals surface area contributed by atoms with Gasteiger partial charge < -0.3 is 10.2 Å². The summed E-state index contributed by atoms with van der Waals surface area (Å²) in [5.74, 6) is -0.821. The maximum Gasteiger partial charge on any atom is 0.159 e. The molecule has 0 spiro atoms. The predicted molar refractivity (Wildman–Crippen MR) is 82.1 cm³/mol. The van der Waals surface area contributed by atoms with E-state index in [1.54, 1.807) is 6.07 Å². The van der Waals surface area contributed by atoms with Gasteiger partial charge in [-0.15, -0.1) is 0 Å². The first-order valence-electron chi connectivity index (χ1n) is 7.75. The molecule has 2 rings (SSSR count). The smallest absolute Gasteiger partial charge is 0.159 e. The molecule has 1 aromatic carbocycles. The Labute approximate surface area is 126 Å². The van der Waals surface area contributed by atoms with Crippen molar-refractivity contribution >= 4 is 0 Å². The number of hydrogen-bond acceptors (Lipinski definition) is 2. The molecular formula is C17H26F2N2. The van der Waals surface area contributed by atoms with Gasteiger partial charge in [-0.05, 0) is 50.6 Å². The molecule has 4 heteroatoms. The van der Waals surface area contributed by atoms with Crippen LogP contribution in [0.1, 0.15) is 38.2 Å². The fourth-order valence-electron chi connectivity index (χ4n) is 3.45. The third-order valence-corrected chi connectivity index (χ3v) is 4.78. The lowest BCUT2D eigenvalue weighted by Crippen LogP contribution is -2.54. The van der Waals surface area contributed by atoms with Gasteiger partial charge in [-0.25, -0.2) is 8.78 Å². The molecule has 1 N–H and O–H groups in total. The standard InChI is InChI=1S/C17H26F2N2/c1-13-5-4-8-17(10-13,21(2)3)12-20-11-14-6-7-15(18)16(19)9-14/h6-7,9,13,20H,4-5,8,10-12H2,1-3H3.